The Morgan fingerprint density at radius 3 is 2.57 bits per heavy atom. The van der Waals surface area contributed by atoms with Crippen LogP contribution < -0.4 is 15.4 Å². The van der Waals surface area contributed by atoms with Gasteiger partial charge >= 0.3 is 0 Å². The highest BCUT2D eigenvalue weighted by molar-refractivity contribution is 5.89. The van der Waals surface area contributed by atoms with Crippen molar-refractivity contribution in [1.29, 1.82) is 0 Å². The van der Waals surface area contributed by atoms with Crippen molar-refractivity contribution in [3.8, 4) is 16.9 Å². The van der Waals surface area contributed by atoms with Crippen LogP contribution in [-0.4, -0.2) is 27.6 Å². The number of hydrogen-bond acceptors (Lipinski definition) is 5. The number of pyridine rings is 1. The first-order valence-electron chi connectivity index (χ1n) is 8.77. The number of aromatic nitrogens is 3. The number of amides is 1. The summed E-state index contributed by atoms with van der Waals surface area (Å²) in [6, 6.07) is 19.2. The van der Waals surface area contributed by atoms with E-state index in [9.17, 15) is 4.79 Å². The number of nitrogens with one attached hydrogen (secondary N) is 2. The zero-order valence-electron chi connectivity index (χ0n) is 15.5. The molecule has 28 heavy (non-hydrogen) atoms. The van der Waals surface area contributed by atoms with E-state index in [1.807, 2.05) is 66.9 Å². The topological polar surface area (TPSA) is 80.5 Å². The van der Waals surface area contributed by atoms with Crippen molar-refractivity contribution in [2.24, 2.45) is 0 Å². The SMILES string of the molecule is COc1ccc(-c2cccn3nc(Nc4cccc(NC(C)=O)c4)nc23)cc1. The fraction of sp³-hybridized carbons (Fsp3) is 0.0952. The summed E-state index contributed by atoms with van der Waals surface area (Å²) in [7, 11) is 1.65. The van der Waals surface area contributed by atoms with Gasteiger partial charge in [-0.25, -0.2) is 4.52 Å². The van der Waals surface area contributed by atoms with Crippen LogP contribution >= 0.6 is 0 Å². The Labute approximate surface area is 162 Å². The molecule has 2 aromatic heterocycles. The second-order valence-electron chi connectivity index (χ2n) is 6.24. The fourth-order valence-electron chi connectivity index (χ4n) is 2.96. The predicted octanol–water partition coefficient (Wildman–Crippen LogP) is 4.11. The van der Waals surface area contributed by atoms with Crippen LogP contribution in [0.2, 0.25) is 0 Å². The Kier molecular flexibility index (Phi) is 4.63. The molecule has 1 amide bonds. The normalized spacial score (nSPS) is 10.6. The lowest BCUT2D eigenvalue weighted by Crippen LogP contribution is -2.05. The molecule has 0 aliphatic rings. The van der Waals surface area contributed by atoms with Gasteiger partial charge in [0.25, 0.3) is 0 Å². The minimum absolute atomic E-state index is 0.118. The number of hydrogen-bond donors (Lipinski definition) is 2. The van der Waals surface area contributed by atoms with E-state index in [1.165, 1.54) is 6.92 Å². The summed E-state index contributed by atoms with van der Waals surface area (Å²) in [6.07, 6.45) is 1.86. The summed E-state index contributed by atoms with van der Waals surface area (Å²) >= 11 is 0. The van der Waals surface area contributed by atoms with E-state index in [4.69, 9.17) is 4.74 Å². The maximum absolute atomic E-state index is 11.2. The Morgan fingerprint density at radius 2 is 1.82 bits per heavy atom. The standard InChI is InChI=1S/C21H19N5O2/c1-14(27)22-16-5-3-6-17(13-16)23-21-24-20-19(7-4-12-26(20)25-21)15-8-10-18(28-2)11-9-15/h3-13H,1-2H3,(H,22,27)(H,23,25). The van der Waals surface area contributed by atoms with E-state index in [0.717, 1.165) is 28.2 Å². The van der Waals surface area contributed by atoms with Gasteiger partial charge in [0.05, 0.1) is 7.11 Å². The highest BCUT2D eigenvalue weighted by Crippen LogP contribution is 2.27. The molecule has 0 aliphatic heterocycles. The summed E-state index contributed by atoms with van der Waals surface area (Å²) in [5.41, 5.74) is 4.23. The van der Waals surface area contributed by atoms with E-state index in [0.29, 0.717) is 11.6 Å². The molecule has 7 nitrogen and oxygen atoms in total. The van der Waals surface area contributed by atoms with Gasteiger partial charge in [0.2, 0.25) is 11.9 Å². The third kappa shape index (κ3) is 3.64. The monoisotopic (exact) mass is 373 g/mol. The predicted molar refractivity (Wildman–Crippen MR) is 109 cm³/mol. The minimum atomic E-state index is -0.118. The maximum Gasteiger partial charge on any atom is 0.247 e. The van der Waals surface area contributed by atoms with Crippen LogP contribution in [-0.2, 0) is 4.79 Å². The van der Waals surface area contributed by atoms with Crippen LogP contribution in [0.4, 0.5) is 17.3 Å². The third-order valence-corrected chi connectivity index (χ3v) is 4.20. The Balaban J connectivity index is 1.66. The average Bonchev–Trinajstić information content (AvgIpc) is 3.10. The van der Waals surface area contributed by atoms with Crippen molar-refractivity contribution in [3.05, 3.63) is 66.9 Å². The van der Waals surface area contributed by atoms with Gasteiger partial charge in [-0.1, -0.05) is 18.2 Å². The molecular formula is C21H19N5O2. The van der Waals surface area contributed by atoms with Crippen molar-refractivity contribution in [1.82, 2.24) is 14.6 Å². The minimum Gasteiger partial charge on any atom is -0.497 e. The van der Waals surface area contributed by atoms with Crippen LogP contribution in [0.3, 0.4) is 0 Å². The zero-order valence-corrected chi connectivity index (χ0v) is 15.5. The first-order valence-corrected chi connectivity index (χ1v) is 8.77. The summed E-state index contributed by atoms with van der Waals surface area (Å²) in [5, 5.41) is 10.5. The van der Waals surface area contributed by atoms with Gasteiger partial charge in [0, 0.05) is 30.1 Å². The molecule has 0 unspecified atom stereocenters. The van der Waals surface area contributed by atoms with Gasteiger partial charge in [-0.15, -0.1) is 5.10 Å². The number of carbonyl (C=O) groups excluding carboxylic acids is 1. The molecule has 7 heteroatoms. The molecule has 0 saturated carbocycles. The number of rotatable bonds is 5. The first kappa shape index (κ1) is 17.5. The number of fused-ring (bicyclic) bond motifs is 1. The highest BCUT2D eigenvalue weighted by atomic mass is 16.5. The number of methoxy groups -OCH3 is 1. The molecule has 0 fully saturated rings. The molecule has 0 bridgehead atoms. The molecule has 2 heterocycles. The van der Waals surface area contributed by atoms with Crippen LogP contribution in [0.15, 0.2) is 66.9 Å². The smallest absolute Gasteiger partial charge is 0.247 e. The molecular weight excluding hydrogens is 354 g/mol. The Bertz CT molecular complexity index is 1140. The second kappa shape index (κ2) is 7.40. The van der Waals surface area contributed by atoms with Crippen molar-refractivity contribution >= 4 is 28.9 Å². The van der Waals surface area contributed by atoms with Crippen LogP contribution in [0.1, 0.15) is 6.92 Å². The molecule has 4 aromatic rings. The lowest BCUT2D eigenvalue weighted by atomic mass is 10.1. The van der Waals surface area contributed by atoms with E-state index >= 15 is 0 Å². The van der Waals surface area contributed by atoms with Crippen molar-refractivity contribution in [2.75, 3.05) is 17.7 Å². The van der Waals surface area contributed by atoms with Gasteiger partial charge in [-0.3, -0.25) is 4.79 Å². The lowest BCUT2D eigenvalue weighted by Gasteiger charge is -2.05. The average molecular weight is 373 g/mol. The van der Waals surface area contributed by atoms with Crippen molar-refractivity contribution in [3.63, 3.8) is 0 Å². The number of ether oxygens (including phenoxy) is 1. The van der Waals surface area contributed by atoms with Crippen LogP contribution in [0.5, 0.6) is 5.75 Å². The second-order valence-corrected chi connectivity index (χ2v) is 6.24. The quantitative estimate of drug-likeness (QED) is 0.550. The molecule has 0 radical (unpaired) electrons. The van der Waals surface area contributed by atoms with Crippen molar-refractivity contribution in [2.45, 2.75) is 6.92 Å². The molecule has 0 saturated heterocycles. The highest BCUT2D eigenvalue weighted by Gasteiger charge is 2.10. The van der Waals surface area contributed by atoms with E-state index < -0.39 is 0 Å². The Hall–Kier alpha value is -3.87. The maximum atomic E-state index is 11.2. The Morgan fingerprint density at radius 1 is 1.04 bits per heavy atom. The van der Waals surface area contributed by atoms with E-state index in [-0.39, 0.29) is 5.91 Å². The van der Waals surface area contributed by atoms with E-state index in [2.05, 4.69) is 20.7 Å². The summed E-state index contributed by atoms with van der Waals surface area (Å²) in [6.45, 7) is 1.48. The molecule has 140 valence electrons. The molecule has 0 spiro atoms. The van der Waals surface area contributed by atoms with Gasteiger partial charge in [0.1, 0.15) is 5.75 Å². The number of nitrogens with zero attached hydrogens (tertiary/aromatic N) is 3. The van der Waals surface area contributed by atoms with Gasteiger partial charge in [0.15, 0.2) is 5.65 Å². The molecule has 0 atom stereocenters. The van der Waals surface area contributed by atoms with E-state index in [1.54, 1.807) is 11.6 Å². The molecule has 4 rings (SSSR count). The van der Waals surface area contributed by atoms with Crippen LogP contribution in [0, 0.1) is 0 Å². The molecule has 2 N–H and O–H groups in total. The third-order valence-electron chi connectivity index (χ3n) is 4.20. The fourth-order valence-corrected chi connectivity index (χ4v) is 2.96. The summed E-state index contributed by atoms with van der Waals surface area (Å²) in [4.78, 5) is 15.9. The van der Waals surface area contributed by atoms with Gasteiger partial charge in [-0.2, -0.15) is 4.98 Å². The lowest BCUT2D eigenvalue weighted by molar-refractivity contribution is -0.114. The molecule has 2 aromatic carbocycles. The zero-order chi connectivity index (χ0) is 19.5. The molecule has 0 aliphatic carbocycles. The number of anilines is 3. The van der Waals surface area contributed by atoms with Gasteiger partial charge in [-0.05, 0) is 48.0 Å². The van der Waals surface area contributed by atoms with Crippen molar-refractivity contribution < 1.29 is 9.53 Å². The first-order chi connectivity index (χ1) is 13.6. The summed E-state index contributed by atoms with van der Waals surface area (Å²) in [5.74, 6) is 1.16. The number of carbonyl (C=O) groups is 1. The van der Waals surface area contributed by atoms with Crippen LogP contribution in [0.25, 0.3) is 16.8 Å². The number of benzene rings is 2. The van der Waals surface area contributed by atoms with Gasteiger partial charge < -0.3 is 15.4 Å². The summed E-state index contributed by atoms with van der Waals surface area (Å²) < 4.78 is 6.96. The largest absolute Gasteiger partial charge is 0.497 e.